The van der Waals surface area contributed by atoms with Gasteiger partial charge in [0.25, 0.3) is 5.91 Å². The molecule has 2 rings (SSSR count). The molecular formula is C15H15ClN2O3. The summed E-state index contributed by atoms with van der Waals surface area (Å²) in [5.74, 6) is 0.586. The van der Waals surface area contributed by atoms with Crippen LogP contribution in [0.2, 0.25) is 5.02 Å². The van der Waals surface area contributed by atoms with Crippen LogP contribution in [0, 0.1) is 0 Å². The van der Waals surface area contributed by atoms with E-state index < -0.39 is 0 Å². The third-order valence-corrected chi connectivity index (χ3v) is 3.19. The number of rotatable bonds is 4. The first-order valence-electron chi connectivity index (χ1n) is 6.13. The number of hydrogen-bond acceptors (Lipinski definition) is 4. The summed E-state index contributed by atoms with van der Waals surface area (Å²) in [6.45, 7) is 0. The van der Waals surface area contributed by atoms with Crippen molar-refractivity contribution in [3.8, 4) is 11.5 Å². The molecule has 6 heteroatoms. The third kappa shape index (κ3) is 3.38. The minimum absolute atomic E-state index is 0.309. The third-order valence-electron chi connectivity index (χ3n) is 2.88. The van der Waals surface area contributed by atoms with E-state index in [4.69, 9.17) is 26.8 Å². The van der Waals surface area contributed by atoms with Crippen LogP contribution in [-0.4, -0.2) is 20.1 Å². The Kier molecular flexibility index (Phi) is 4.55. The van der Waals surface area contributed by atoms with E-state index in [0.29, 0.717) is 33.5 Å². The van der Waals surface area contributed by atoms with Crippen molar-refractivity contribution >= 4 is 28.9 Å². The summed E-state index contributed by atoms with van der Waals surface area (Å²) in [6.07, 6.45) is 0. The van der Waals surface area contributed by atoms with Crippen molar-refractivity contribution in [3.05, 3.63) is 47.0 Å². The minimum atomic E-state index is -0.309. The van der Waals surface area contributed by atoms with Gasteiger partial charge in [0.1, 0.15) is 11.5 Å². The molecule has 0 atom stereocenters. The van der Waals surface area contributed by atoms with Gasteiger partial charge in [0.05, 0.1) is 24.8 Å². The van der Waals surface area contributed by atoms with Gasteiger partial charge in [0.2, 0.25) is 0 Å². The van der Waals surface area contributed by atoms with Gasteiger partial charge in [-0.05, 0) is 24.3 Å². The number of nitrogens with one attached hydrogen (secondary N) is 1. The number of amides is 1. The number of hydrogen-bond donors (Lipinski definition) is 2. The molecule has 0 saturated heterocycles. The van der Waals surface area contributed by atoms with E-state index in [1.807, 2.05) is 0 Å². The number of methoxy groups -OCH3 is 2. The van der Waals surface area contributed by atoms with Crippen LogP contribution in [0.5, 0.6) is 11.5 Å². The molecule has 0 heterocycles. The van der Waals surface area contributed by atoms with Crippen LogP contribution >= 0.6 is 11.6 Å². The van der Waals surface area contributed by atoms with Crippen LogP contribution < -0.4 is 20.5 Å². The van der Waals surface area contributed by atoms with Crippen LogP contribution in [0.4, 0.5) is 11.4 Å². The smallest absolute Gasteiger partial charge is 0.259 e. The highest BCUT2D eigenvalue weighted by atomic mass is 35.5. The van der Waals surface area contributed by atoms with E-state index >= 15 is 0 Å². The lowest BCUT2D eigenvalue weighted by Gasteiger charge is -2.11. The van der Waals surface area contributed by atoms with Gasteiger partial charge in [-0.25, -0.2) is 0 Å². The molecule has 0 aliphatic heterocycles. The van der Waals surface area contributed by atoms with E-state index in [2.05, 4.69) is 5.32 Å². The average Bonchev–Trinajstić information content (AvgIpc) is 2.48. The summed E-state index contributed by atoms with van der Waals surface area (Å²) < 4.78 is 10.3. The summed E-state index contributed by atoms with van der Waals surface area (Å²) in [4.78, 5) is 12.3. The maximum absolute atomic E-state index is 12.3. The first-order valence-corrected chi connectivity index (χ1v) is 6.51. The van der Waals surface area contributed by atoms with Gasteiger partial charge < -0.3 is 20.5 Å². The van der Waals surface area contributed by atoms with Gasteiger partial charge >= 0.3 is 0 Å². The second-order valence-electron chi connectivity index (χ2n) is 4.26. The molecule has 3 N–H and O–H groups in total. The summed E-state index contributed by atoms with van der Waals surface area (Å²) in [7, 11) is 2.99. The number of ether oxygens (including phenoxy) is 2. The topological polar surface area (TPSA) is 73.6 Å². The SMILES string of the molecule is COc1cc(NC(=O)c2ccc(N)cc2OC)ccc1Cl. The van der Waals surface area contributed by atoms with E-state index in [-0.39, 0.29) is 5.91 Å². The second-order valence-corrected chi connectivity index (χ2v) is 4.67. The van der Waals surface area contributed by atoms with E-state index in [9.17, 15) is 4.79 Å². The standard InChI is InChI=1S/C15H15ClN2O3/c1-20-13-7-9(17)3-5-11(13)15(19)18-10-4-6-12(16)14(8-10)21-2/h3-8H,17H2,1-2H3,(H,18,19). The first-order chi connectivity index (χ1) is 10.0. The van der Waals surface area contributed by atoms with Crippen LogP contribution in [0.15, 0.2) is 36.4 Å². The van der Waals surface area contributed by atoms with E-state index in [1.54, 1.807) is 36.4 Å². The molecule has 2 aromatic rings. The van der Waals surface area contributed by atoms with Gasteiger partial charge in [-0.2, -0.15) is 0 Å². The molecule has 0 aromatic heterocycles. The van der Waals surface area contributed by atoms with Crippen LogP contribution in [0.25, 0.3) is 0 Å². The Morgan fingerprint density at radius 2 is 1.81 bits per heavy atom. The van der Waals surface area contributed by atoms with Gasteiger partial charge in [-0.1, -0.05) is 11.6 Å². The monoisotopic (exact) mass is 306 g/mol. The molecule has 21 heavy (non-hydrogen) atoms. The number of nitrogens with two attached hydrogens (primary N) is 1. The molecule has 0 spiro atoms. The molecular weight excluding hydrogens is 292 g/mol. The van der Waals surface area contributed by atoms with Gasteiger partial charge in [0, 0.05) is 23.5 Å². The molecule has 0 radical (unpaired) electrons. The predicted molar refractivity (Wildman–Crippen MR) is 83.4 cm³/mol. The fourth-order valence-corrected chi connectivity index (χ4v) is 2.03. The molecule has 0 fully saturated rings. The van der Waals surface area contributed by atoms with Crippen molar-refractivity contribution in [2.24, 2.45) is 0 Å². The molecule has 5 nitrogen and oxygen atoms in total. The predicted octanol–water partition coefficient (Wildman–Crippen LogP) is 3.19. The molecule has 0 unspecified atom stereocenters. The van der Waals surface area contributed by atoms with Gasteiger partial charge in [-0.3, -0.25) is 4.79 Å². The number of anilines is 2. The summed E-state index contributed by atoms with van der Waals surface area (Å²) in [5.41, 5.74) is 7.15. The van der Waals surface area contributed by atoms with Crippen molar-refractivity contribution in [2.75, 3.05) is 25.3 Å². The zero-order valence-corrected chi connectivity index (χ0v) is 12.4. The fourth-order valence-electron chi connectivity index (χ4n) is 1.83. The quantitative estimate of drug-likeness (QED) is 0.851. The number of carbonyl (C=O) groups excluding carboxylic acids is 1. The van der Waals surface area contributed by atoms with Crippen LogP contribution in [-0.2, 0) is 0 Å². The molecule has 1 amide bonds. The average molecular weight is 307 g/mol. The first kappa shape index (κ1) is 15.0. The Morgan fingerprint density at radius 3 is 2.48 bits per heavy atom. The van der Waals surface area contributed by atoms with Crippen molar-refractivity contribution in [1.82, 2.24) is 0 Å². The lowest BCUT2D eigenvalue weighted by atomic mass is 10.1. The lowest BCUT2D eigenvalue weighted by Crippen LogP contribution is -2.13. The van der Waals surface area contributed by atoms with Crippen molar-refractivity contribution in [3.63, 3.8) is 0 Å². The van der Waals surface area contributed by atoms with E-state index in [0.717, 1.165) is 0 Å². The molecule has 2 aromatic carbocycles. The van der Waals surface area contributed by atoms with Crippen LogP contribution in [0.1, 0.15) is 10.4 Å². The van der Waals surface area contributed by atoms with Crippen LogP contribution in [0.3, 0.4) is 0 Å². The molecule has 0 aliphatic carbocycles. The molecule has 0 bridgehead atoms. The van der Waals surface area contributed by atoms with Gasteiger partial charge in [0.15, 0.2) is 0 Å². The number of benzene rings is 2. The normalized spacial score (nSPS) is 10.0. The Morgan fingerprint density at radius 1 is 1.10 bits per heavy atom. The highest BCUT2D eigenvalue weighted by Crippen LogP contribution is 2.28. The maximum atomic E-state index is 12.3. The Hall–Kier alpha value is -2.40. The van der Waals surface area contributed by atoms with E-state index in [1.165, 1.54) is 14.2 Å². The summed E-state index contributed by atoms with van der Waals surface area (Å²) in [5, 5.41) is 3.23. The second kappa shape index (κ2) is 6.37. The summed E-state index contributed by atoms with van der Waals surface area (Å²) in [6, 6.07) is 9.82. The maximum Gasteiger partial charge on any atom is 0.259 e. The zero-order chi connectivity index (χ0) is 15.4. The minimum Gasteiger partial charge on any atom is -0.496 e. The molecule has 0 saturated carbocycles. The Balaban J connectivity index is 2.26. The van der Waals surface area contributed by atoms with Crippen molar-refractivity contribution < 1.29 is 14.3 Å². The highest BCUT2D eigenvalue weighted by molar-refractivity contribution is 6.32. The zero-order valence-electron chi connectivity index (χ0n) is 11.6. The van der Waals surface area contributed by atoms with Crippen molar-refractivity contribution in [1.29, 1.82) is 0 Å². The Bertz CT molecular complexity index is 674. The van der Waals surface area contributed by atoms with Crippen molar-refractivity contribution in [2.45, 2.75) is 0 Å². The summed E-state index contributed by atoms with van der Waals surface area (Å²) >= 11 is 5.94. The fraction of sp³-hybridized carbons (Fsp3) is 0.133. The Labute approximate surface area is 127 Å². The largest absolute Gasteiger partial charge is 0.496 e. The highest BCUT2D eigenvalue weighted by Gasteiger charge is 2.13. The number of carbonyl (C=O) groups is 1. The molecule has 0 aliphatic rings. The number of nitrogen functional groups attached to an aromatic ring is 1. The van der Waals surface area contributed by atoms with Gasteiger partial charge in [-0.15, -0.1) is 0 Å². The number of halogens is 1. The molecule has 110 valence electrons. The lowest BCUT2D eigenvalue weighted by molar-refractivity contribution is 0.102.